The lowest BCUT2D eigenvalue weighted by atomic mass is 10.1. The second-order valence-electron chi connectivity index (χ2n) is 3.23. The van der Waals surface area contributed by atoms with Gasteiger partial charge in [-0.3, -0.25) is 4.79 Å². The van der Waals surface area contributed by atoms with E-state index in [-0.39, 0.29) is 12.4 Å². The van der Waals surface area contributed by atoms with E-state index in [1.54, 1.807) is 12.1 Å². The molecule has 0 bridgehead atoms. The number of ketones is 1. The van der Waals surface area contributed by atoms with Crippen molar-refractivity contribution in [3.63, 3.8) is 0 Å². The average Bonchev–Trinajstić information content (AvgIpc) is 2.30. The van der Waals surface area contributed by atoms with Crippen molar-refractivity contribution < 1.29 is 14.6 Å². The largest absolute Gasteiger partial charge is 0.492 e. The molecule has 0 fully saturated rings. The van der Waals surface area contributed by atoms with Gasteiger partial charge in [-0.2, -0.15) is 0 Å². The Balaban J connectivity index is 2.92. The number of benzene rings is 1. The van der Waals surface area contributed by atoms with E-state index in [4.69, 9.17) is 27.2 Å². The summed E-state index contributed by atoms with van der Waals surface area (Å²) in [5.74, 6) is 0.186. The smallest absolute Gasteiger partial charge is 0.181 e. The van der Waals surface area contributed by atoms with Crippen LogP contribution in [0.25, 0.3) is 0 Å². The predicted molar refractivity (Wildman–Crippen MR) is 62.0 cm³/mol. The van der Waals surface area contributed by atoms with Gasteiger partial charge in [-0.25, -0.2) is 0 Å². The Hall–Kier alpha value is -1.10. The minimum Gasteiger partial charge on any atom is -0.492 e. The zero-order chi connectivity index (χ0) is 12.1. The van der Waals surface area contributed by atoms with Crippen molar-refractivity contribution in [2.75, 3.05) is 13.2 Å². The molecule has 1 atom stereocenters. The lowest BCUT2D eigenvalue weighted by Crippen LogP contribution is -2.33. The highest BCUT2D eigenvalue weighted by Crippen LogP contribution is 2.25. The molecule has 1 unspecified atom stereocenters. The van der Waals surface area contributed by atoms with Crippen molar-refractivity contribution in [1.82, 2.24) is 0 Å². The Morgan fingerprint density at radius 2 is 2.31 bits per heavy atom. The van der Waals surface area contributed by atoms with E-state index >= 15 is 0 Å². The predicted octanol–water partition coefficient (Wildman–Crippen LogP) is 1.24. The first-order valence-corrected chi connectivity index (χ1v) is 5.31. The van der Waals surface area contributed by atoms with Crippen molar-refractivity contribution in [3.05, 3.63) is 28.8 Å². The molecule has 1 aromatic rings. The molecule has 88 valence electrons. The third-order valence-electron chi connectivity index (χ3n) is 2.05. The number of rotatable bonds is 5. The van der Waals surface area contributed by atoms with Gasteiger partial charge in [-0.1, -0.05) is 11.6 Å². The second-order valence-corrected chi connectivity index (χ2v) is 3.64. The molecular weight excluding hydrogens is 230 g/mol. The van der Waals surface area contributed by atoms with Gasteiger partial charge in [0, 0.05) is 5.56 Å². The van der Waals surface area contributed by atoms with E-state index in [0.717, 1.165) is 0 Å². The van der Waals surface area contributed by atoms with E-state index in [2.05, 4.69) is 0 Å². The molecule has 4 nitrogen and oxygen atoms in total. The summed E-state index contributed by atoms with van der Waals surface area (Å²) < 4.78 is 5.23. The standard InChI is InChI=1S/C11H14ClNO3/c1-2-16-10-4-3-7(5-8(10)12)11(15)9(13)6-14/h3-5,9,14H,2,6,13H2,1H3. The fraction of sp³-hybridized carbons (Fsp3) is 0.364. The van der Waals surface area contributed by atoms with Crippen LogP contribution in [0.1, 0.15) is 17.3 Å². The molecule has 0 heterocycles. The highest BCUT2D eigenvalue weighted by molar-refractivity contribution is 6.32. The number of nitrogens with two attached hydrogens (primary N) is 1. The maximum Gasteiger partial charge on any atom is 0.181 e. The number of Topliss-reactive ketones (excluding diaryl/α,β-unsaturated/α-hetero) is 1. The number of carbonyl (C=O) groups excluding carboxylic acids is 1. The molecular formula is C11H14ClNO3. The van der Waals surface area contributed by atoms with Crippen LogP contribution >= 0.6 is 11.6 Å². The van der Waals surface area contributed by atoms with Gasteiger partial charge in [0.1, 0.15) is 5.75 Å². The summed E-state index contributed by atoms with van der Waals surface area (Å²) in [6.07, 6.45) is 0. The molecule has 0 aliphatic heterocycles. The molecule has 3 N–H and O–H groups in total. The molecule has 1 aromatic carbocycles. The number of carbonyl (C=O) groups is 1. The number of aliphatic hydroxyl groups excluding tert-OH is 1. The summed E-state index contributed by atoms with van der Waals surface area (Å²) in [5, 5.41) is 9.13. The van der Waals surface area contributed by atoms with Gasteiger partial charge in [-0.15, -0.1) is 0 Å². The first kappa shape index (κ1) is 13.0. The fourth-order valence-corrected chi connectivity index (χ4v) is 1.46. The Bertz CT molecular complexity index is 381. The quantitative estimate of drug-likeness (QED) is 0.764. The van der Waals surface area contributed by atoms with Crippen molar-refractivity contribution in [3.8, 4) is 5.75 Å². The first-order chi connectivity index (χ1) is 7.60. The second kappa shape index (κ2) is 5.84. The lowest BCUT2D eigenvalue weighted by Gasteiger charge is -2.09. The van der Waals surface area contributed by atoms with E-state index in [1.807, 2.05) is 6.92 Å². The summed E-state index contributed by atoms with van der Waals surface area (Å²) in [7, 11) is 0. The first-order valence-electron chi connectivity index (χ1n) is 4.93. The van der Waals surface area contributed by atoms with Crippen LogP contribution in [-0.2, 0) is 0 Å². The number of hydrogen-bond donors (Lipinski definition) is 2. The highest BCUT2D eigenvalue weighted by atomic mass is 35.5. The molecule has 0 amide bonds. The molecule has 5 heteroatoms. The van der Waals surface area contributed by atoms with E-state index in [0.29, 0.717) is 22.9 Å². The summed E-state index contributed by atoms with van der Waals surface area (Å²) in [6, 6.07) is 3.77. The number of hydrogen-bond acceptors (Lipinski definition) is 4. The van der Waals surface area contributed by atoms with Gasteiger partial charge < -0.3 is 15.6 Å². The summed E-state index contributed by atoms with van der Waals surface area (Å²) in [6.45, 7) is 1.96. The molecule has 16 heavy (non-hydrogen) atoms. The molecule has 0 saturated carbocycles. The van der Waals surface area contributed by atoms with Crippen molar-refractivity contribution in [2.24, 2.45) is 5.73 Å². The van der Waals surface area contributed by atoms with Crippen LogP contribution in [0.3, 0.4) is 0 Å². The summed E-state index contributed by atoms with van der Waals surface area (Å²) in [5.41, 5.74) is 5.79. The van der Waals surface area contributed by atoms with Crippen molar-refractivity contribution in [1.29, 1.82) is 0 Å². The minimum absolute atomic E-state index is 0.340. The zero-order valence-electron chi connectivity index (χ0n) is 8.94. The van der Waals surface area contributed by atoms with Crippen LogP contribution in [-0.4, -0.2) is 30.1 Å². The summed E-state index contributed by atoms with van der Waals surface area (Å²) >= 11 is 5.92. The van der Waals surface area contributed by atoms with Crippen LogP contribution in [0.5, 0.6) is 5.75 Å². The topological polar surface area (TPSA) is 72.5 Å². The van der Waals surface area contributed by atoms with E-state index < -0.39 is 6.04 Å². The van der Waals surface area contributed by atoms with Gasteiger partial charge in [0.2, 0.25) is 0 Å². The Labute approximate surface area is 99.0 Å². The third-order valence-corrected chi connectivity index (χ3v) is 2.35. The Kier molecular flexibility index (Phi) is 4.73. The number of aliphatic hydroxyl groups is 1. The number of ether oxygens (including phenoxy) is 1. The maximum atomic E-state index is 11.6. The van der Waals surface area contributed by atoms with Crippen LogP contribution in [0.15, 0.2) is 18.2 Å². The molecule has 0 aliphatic rings. The van der Waals surface area contributed by atoms with Crippen molar-refractivity contribution in [2.45, 2.75) is 13.0 Å². The number of halogens is 1. The molecule has 1 rings (SSSR count). The van der Waals surface area contributed by atoms with E-state index in [9.17, 15) is 4.79 Å². The van der Waals surface area contributed by atoms with Gasteiger partial charge in [0.15, 0.2) is 5.78 Å². The zero-order valence-corrected chi connectivity index (χ0v) is 9.70. The van der Waals surface area contributed by atoms with Crippen molar-refractivity contribution >= 4 is 17.4 Å². The van der Waals surface area contributed by atoms with E-state index in [1.165, 1.54) is 6.07 Å². The fourth-order valence-electron chi connectivity index (χ4n) is 1.22. The van der Waals surface area contributed by atoms with Crippen LogP contribution in [0.2, 0.25) is 5.02 Å². The average molecular weight is 244 g/mol. The third kappa shape index (κ3) is 2.95. The minimum atomic E-state index is -0.908. The van der Waals surface area contributed by atoms with Gasteiger partial charge >= 0.3 is 0 Å². The van der Waals surface area contributed by atoms with Crippen LogP contribution in [0, 0.1) is 0 Å². The monoisotopic (exact) mass is 243 g/mol. The van der Waals surface area contributed by atoms with Crippen LogP contribution < -0.4 is 10.5 Å². The highest BCUT2D eigenvalue weighted by Gasteiger charge is 2.15. The Morgan fingerprint density at radius 3 is 2.81 bits per heavy atom. The Morgan fingerprint density at radius 1 is 1.62 bits per heavy atom. The maximum absolute atomic E-state index is 11.6. The van der Waals surface area contributed by atoms with Gasteiger partial charge in [0.25, 0.3) is 0 Å². The van der Waals surface area contributed by atoms with Gasteiger partial charge in [-0.05, 0) is 25.1 Å². The molecule has 0 spiro atoms. The lowest BCUT2D eigenvalue weighted by molar-refractivity contribution is 0.0925. The normalized spacial score (nSPS) is 12.2. The summed E-state index contributed by atoms with van der Waals surface area (Å²) in [4.78, 5) is 11.6. The molecule has 0 radical (unpaired) electrons. The molecule has 0 aliphatic carbocycles. The molecule has 0 saturated heterocycles. The SMILES string of the molecule is CCOc1ccc(C(=O)C(N)CO)cc1Cl. The molecule has 0 aromatic heterocycles. The van der Waals surface area contributed by atoms with Crippen LogP contribution in [0.4, 0.5) is 0 Å². The van der Waals surface area contributed by atoms with Gasteiger partial charge in [0.05, 0.1) is 24.3 Å².